The first-order valence-corrected chi connectivity index (χ1v) is 6.89. The fourth-order valence-corrected chi connectivity index (χ4v) is 2.19. The van der Waals surface area contributed by atoms with Crippen LogP contribution in [0.25, 0.3) is 0 Å². The van der Waals surface area contributed by atoms with Crippen LogP contribution in [0.1, 0.15) is 31.1 Å². The molecule has 0 spiro atoms. The first-order valence-electron chi connectivity index (χ1n) is 6.09. The minimum Gasteiger partial charge on any atom is -0.329 e. The number of rotatable bonds is 3. The normalized spacial score (nSPS) is 12.3. The number of halogens is 4. The van der Waals surface area contributed by atoms with E-state index < -0.39 is 24.0 Å². The lowest BCUT2D eigenvalue weighted by Gasteiger charge is -2.30. The van der Waals surface area contributed by atoms with Crippen molar-refractivity contribution in [3.63, 3.8) is 0 Å². The lowest BCUT2D eigenvalue weighted by atomic mass is 9.95. The van der Waals surface area contributed by atoms with Crippen molar-refractivity contribution < 1.29 is 18.0 Å². The summed E-state index contributed by atoms with van der Waals surface area (Å²) in [6, 6.07) is 6.38. The number of nitrogens with zero attached hydrogens (tertiary/aromatic N) is 1. The number of hydrogen-bond acceptors (Lipinski definition) is 1. The maximum atomic E-state index is 12.6. The summed E-state index contributed by atoms with van der Waals surface area (Å²) in [6.07, 6.45) is -4.41. The molecular weight excluding hydrogens is 335 g/mol. The molecule has 0 radical (unpaired) electrons. The Morgan fingerprint density at radius 2 is 1.80 bits per heavy atom. The van der Waals surface area contributed by atoms with Crippen LogP contribution in [0.4, 0.5) is 13.2 Å². The Bertz CT molecular complexity index is 464. The molecule has 1 aromatic carbocycles. The predicted molar refractivity (Wildman–Crippen MR) is 75.6 cm³/mol. The first-order chi connectivity index (χ1) is 8.98. The van der Waals surface area contributed by atoms with Gasteiger partial charge in [-0.25, -0.2) is 0 Å². The van der Waals surface area contributed by atoms with Gasteiger partial charge in [0.2, 0.25) is 0 Å². The quantitative estimate of drug-likeness (QED) is 0.784. The van der Waals surface area contributed by atoms with Gasteiger partial charge in [-0.05, 0) is 23.6 Å². The highest BCUT2D eigenvalue weighted by Crippen LogP contribution is 2.23. The molecule has 1 rings (SSSR count). The average molecular weight is 352 g/mol. The van der Waals surface area contributed by atoms with E-state index in [0.717, 1.165) is 4.90 Å². The smallest absolute Gasteiger partial charge is 0.329 e. The van der Waals surface area contributed by atoms with Crippen LogP contribution < -0.4 is 0 Å². The van der Waals surface area contributed by atoms with E-state index in [4.69, 9.17) is 0 Å². The van der Waals surface area contributed by atoms with Crippen LogP contribution in [0.3, 0.4) is 0 Å². The second-order valence-electron chi connectivity index (χ2n) is 5.85. The van der Waals surface area contributed by atoms with Crippen molar-refractivity contribution in [2.45, 2.75) is 26.9 Å². The third kappa shape index (κ3) is 5.94. The number of benzene rings is 1. The largest absolute Gasteiger partial charge is 0.406 e. The van der Waals surface area contributed by atoms with E-state index in [2.05, 4.69) is 15.9 Å². The van der Waals surface area contributed by atoms with E-state index in [1.807, 2.05) is 0 Å². The molecule has 2 nitrogen and oxygen atoms in total. The number of alkyl halides is 3. The summed E-state index contributed by atoms with van der Waals surface area (Å²) in [5, 5.41) is 0. The van der Waals surface area contributed by atoms with Crippen LogP contribution in [0.15, 0.2) is 28.7 Å². The van der Waals surface area contributed by atoms with Crippen LogP contribution in [-0.4, -0.2) is 30.1 Å². The van der Waals surface area contributed by atoms with E-state index in [9.17, 15) is 18.0 Å². The number of hydrogen-bond donors (Lipinski definition) is 0. The Labute approximate surface area is 125 Å². The summed E-state index contributed by atoms with van der Waals surface area (Å²) in [5.41, 5.74) is -0.166. The Morgan fingerprint density at radius 1 is 1.20 bits per heavy atom. The highest BCUT2D eigenvalue weighted by molar-refractivity contribution is 9.10. The van der Waals surface area contributed by atoms with Gasteiger partial charge in [0.25, 0.3) is 5.91 Å². The third-order valence-electron chi connectivity index (χ3n) is 2.39. The molecule has 0 heterocycles. The molecule has 1 amide bonds. The van der Waals surface area contributed by atoms with Gasteiger partial charge in [0.1, 0.15) is 6.54 Å². The molecule has 0 N–H and O–H groups in total. The van der Waals surface area contributed by atoms with E-state index >= 15 is 0 Å². The summed E-state index contributed by atoms with van der Waals surface area (Å²) in [5.74, 6) is -0.612. The Morgan fingerprint density at radius 3 is 2.25 bits per heavy atom. The van der Waals surface area contributed by atoms with Gasteiger partial charge in [0, 0.05) is 16.6 Å². The molecule has 0 aliphatic rings. The maximum Gasteiger partial charge on any atom is 0.406 e. The van der Waals surface area contributed by atoms with Crippen molar-refractivity contribution in [3.8, 4) is 0 Å². The summed E-state index contributed by atoms with van der Waals surface area (Å²) in [7, 11) is 0. The Hall–Kier alpha value is -1.04. The average Bonchev–Trinajstić information content (AvgIpc) is 2.23. The molecule has 112 valence electrons. The SMILES string of the molecule is CC(C)(C)CN(CC(F)(F)F)C(=O)c1cccc(Br)c1. The predicted octanol–water partition coefficient (Wildman–Crippen LogP) is 4.50. The summed E-state index contributed by atoms with van der Waals surface area (Å²) in [4.78, 5) is 13.1. The van der Waals surface area contributed by atoms with Crippen molar-refractivity contribution in [3.05, 3.63) is 34.3 Å². The van der Waals surface area contributed by atoms with Crippen molar-refractivity contribution in [1.29, 1.82) is 0 Å². The zero-order chi connectivity index (χ0) is 15.6. The molecular formula is C14H17BrF3NO. The van der Waals surface area contributed by atoms with Crippen molar-refractivity contribution >= 4 is 21.8 Å². The monoisotopic (exact) mass is 351 g/mol. The van der Waals surface area contributed by atoms with Crippen LogP contribution in [0, 0.1) is 5.41 Å². The van der Waals surface area contributed by atoms with Gasteiger partial charge in [-0.15, -0.1) is 0 Å². The second kappa shape index (κ2) is 6.16. The van der Waals surface area contributed by atoms with Gasteiger partial charge in [-0.1, -0.05) is 42.8 Å². The summed E-state index contributed by atoms with van der Waals surface area (Å²) < 4.78 is 38.6. The molecule has 0 saturated carbocycles. The molecule has 0 atom stereocenters. The highest BCUT2D eigenvalue weighted by atomic mass is 79.9. The van der Waals surface area contributed by atoms with E-state index in [1.165, 1.54) is 12.1 Å². The fraction of sp³-hybridized carbons (Fsp3) is 0.500. The molecule has 0 bridgehead atoms. The molecule has 0 aliphatic heterocycles. The number of carbonyl (C=O) groups excluding carboxylic acids is 1. The van der Waals surface area contributed by atoms with Gasteiger partial charge in [0.15, 0.2) is 0 Å². The van der Waals surface area contributed by atoms with Gasteiger partial charge in [-0.3, -0.25) is 4.79 Å². The van der Waals surface area contributed by atoms with Gasteiger partial charge >= 0.3 is 6.18 Å². The number of amides is 1. The molecule has 0 saturated heterocycles. The fourth-order valence-electron chi connectivity index (χ4n) is 1.79. The summed E-state index contributed by atoms with van der Waals surface area (Å²) in [6.45, 7) is 4.19. The second-order valence-corrected chi connectivity index (χ2v) is 6.76. The first kappa shape index (κ1) is 17.0. The van der Waals surface area contributed by atoms with E-state index in [1.54, 1.807) is 32.9 Å². The lowest BCUT2D eigenvalue weighted by Crippen LogP contribution is -2.43. The molecule has 6 heteroatoms. The van der Waals surface area contributed by atoms with Crippen LogP contribution in [0.5, 0.6) is 0 Å². The maximum absolute atomic E-state index is 12.6. The molecule has 0 unspecified atom stereocenters. The van der Waals surface area contributed by atoms with Crippen molar-refractivity contribution in [2.24, 2.45) is 5.41 Å². The zero-order valence-corrected chi connectivity index (χ0v) is 13.2. The molecule has 0 fully saturated rings. The molecule has 0 aromatic heterocycles. The molecule has 20 heavy (non-hydrogen) atoms. The van der Waals surface area contributed by atoms with Gasteiger partial charge < -0.3 is 4.90 Å². The van der Waals surface area contributed by atoms with Crippen LogP contribution >= 0.6 is 15.9 Å². The molecule has 0 aliphatic carbocycles. The van der Waals surface area contributed by atoms with Crippen LogP contribution in [-0.2, 0) is 0 Å². The van der Waals surface area contributed by atoms with E-state index in [0.29, 0.717) is 4.47 Å². The van der Waals surface area contributed by atoms with Crippen molar-refractivity contribution in [1.82, 2.24) is 4.90 Å². The Balaban J connectivity index is 3.00. The highest BCUT2D eigenvalue weighted by Gasteiger charge is 2.35. The van der Waals surface area contributed by atoms with E-state index in [-0.39, 0.29) is 12.1 Å². The van der Waals surface area contributed by atoms with Crippen LogP contribution in [0.2, 0.25) is 0 Å². The molecule has 1 aromatic rings. The van der Waals surface area contributed by atoms with Crippen molar-refractivity contribution in [2.75, 3.05) is 13.1 Å². The standard InChI is InChI=1S/C14H17BrF3NO/c1-13(2,3)8-19(9-14(16,17)18)12(20)10-5-4-6-11(15)7-10/h4-7H,8-9H2,1-3H3. The Kier molecular flexibility index (Phi) is 5.24. The minimum absolute atomic E-state index is 0.0395. The lowest BCUT2D eigenvalue weighted by molar-refractivity contribution is -0.142. The summed E-state index contributed by atoms with van der Waals surface area (Å²) >= 11 is 3.21. The van der Waals surface area contributed by atoms with Gasteiger partial charge in [-0.2, -0.15) is 13.2 Å². The minimum atomic E-state index is -4.41. The zero-order valence-electron chi connectivity index (χ0n) is 11.6. The third-order valence-corrected chi connectivity index (χ3v) is 2.89. The van der Waals surface area contributed by atoms with Gasteiger partial charge in [0.05, 0.1) is 0 Å². The topological polar surface area (TPSA) is 20.3 Å². The number of carbonyl (C=O) groups is 1.